The zero-order valence-corrected chi connectivity index (χ0v) is 20.5. The largest absolute Gasteiger partial charge is 0.614 e. The summed E-state index contributed by atoms with van der Waals surface area (Å²) >= 11 is 0. The van der Waals surface area contributed by atoms with Crippen molar-refractivity contribution in [3.8, 4) is 17.2 Å². The van der Waals surface area contributed by atoms with E-state index < -0.39 is 25.8 Å². The quantitative estimate of drug-likeness (QED) is 0.193. The third-order valence-electron chi connectivity index (χ3n) is 5.78. The van der Waals surface area contributed by atoms with E-state index in [4.69, 9.17) is 23.0 Å². The molecule has 7 nitrogen and oxygen atoms in total. The molecule has 0 aromatic heterocycles. The molecule has 0 radical (unpaired) electrons. The predicted molar refractivity (Wildman–Crippen MR) is 134 cm³/mol. The second kappa shape index (κ2) is 9.80. The summed E-state index contributed by atoms with van der Waals surface area (Å²) in [5.41, 5.74) is 0.490. The van der Waals surface area contributed by atoms with Crippen LogP contribution in [0.5, 0.6) is 17.2 Å². The van der Waals surface area contributed by atoms with Crippen LogP contribution in [0.25, 0.3) is 10.8 Å². The topological polar surface area (TPSA) is 86.3 Å². The van der Waals surface area contributed by atoms with Gasteiger partial charge in [0.05, 0.1) is 7.11 Å². The van der Waals surface area contributed by atoms with Gasteiger partial charge in [-0.2, -0.15) is 0 Å². The number of hydrogen-bond acceptors (Lipinski definition) is 7. The Hall–Kier alpha value is -4.22. The molecule has 1 aliphatic heterocycles. The molecule has 0 fully saturated rings. The smallest absolute Gasteiger partial charge is 0.579 e. The van der Waals surface area contributed by atoms with E-state index in [1.165, 1.54) is 14.2 Å². The molecule has 0 saturated heterocycles. The molecule has 0 saturated carbocycles. The number of esters is 1. The van der Waals surface area contributed by atoms with Crippen LogP contribution in [-0.2, 0) is 14.3 Å². The average molecular weight is 502 g/mol. The van der Waals surface area contributed by atoms with Gasteiger partial charge in [-0.3, -0.25) is 18.4 Å². The van der Waals surface area contributed by atoms with E-state index in [1.807, 2.05) is 42.5 Å². The highest BCUT2D eigenvalue weighted by Crippen LogP contribution is 2.74. The number of para-hydroxylation sites is 2. The molecule has 0 aliphatic carbocycles. The van der Waals surface area contributed by atoms with Gasteiger partial charge in [-0.1, -0.05) is 66.7 Å². The van der Waals surface area contributed by atoms with Gasteiger partial charge in [0.15, 0.2) is 23.2 Å². The number of benzene rings is 4. The number of carbonyl (C=O) groups excluding carboxylic acids is 1. The van der Waals surface area contributed by atoms with Crippen LogP contribution in [0, 0.1) is 0 Å². The van der Waals surface area contributed by atoms with Gasteiger partial charge in [0.2, 0.25) is 5.31 Å². The molecule has 0 spiro atoms. The van der Waals surface area contributed by atoms with E-state index in [-0.39, 0.29) is 5.31 Å². The first-order valence-electron chi connectivity index (χ1n) is 11.2. The van der Waals surface area contributed by atoms with Crippen molar-refractivity contribution in [1.29, 1.82) is 0 Å². The molecule has 182 valence electrons. The monoisotopic (exact) mass is 502 g/mol. The summed E-state index contributed by atoms with van der Waals surface area (Å²) in [4.78, 5) is 13.4. The van der Waals surface area contributed by atoms with Crippen LogP contribution in [0.15, 0.2) is 108 Å². The number of carbonyl (C=O) groups is 1. The van der Waals surface area contributed by atoms with Gasteiger partial charge in [0.1, 0.15) is 5.95 Å². The summed E-state index contributed by atoms with van der Waals surface area (Å²) in [6, 6.07) is 28.9. The average Bonchev–Trinajstić information content (AvgIpc) is 2.92. The number of methoxy groups -OCH3 is 2. The van der Waals surface area contributed by atoms with Crippen LogP contribution < -0.4 is 18.7 Å². The highest BCUT2D eigenvalue weighted by atomic mass is 31.2. The van der Waals surface area contributed by atoms with E-state index in [1.54, 1.807) is 54.6 Å². The van der Waals surface area contributed by atoms with Crippen LogP contribution in [0.3, 0.4) is 0 Å². The zero-order chi connectivity index (χ0) is 25.1. The Morgan fingerprint density at radius 1 is 0.778 bits per heavy atom. The molecule has 1 unspecified atom stereocenters. The lowest BCUT2D eigenvalue weighted by Crippen LogP contribution is -2.33. The van der Waals surface area contributed by atoms with Gasteiger partial charge < -0.3 is 14.6 Å². The summed E-state index contributed by atoms with van der Waals surface area (Å²) in [5.74, 6) is -1.47. The van der Waals surface area contributed by atoms with Gasteiger partial charge >= 0.3 is 13.9 Å². The summed E-state index contributed by atoms with van der Waals surface area (Å²) < 4.78 is 29.7. The highest BCUT2D eigenvalue weighted by Gasteiger charge is 2.65. The Balaban J connectivity index is 1.82. The fourth-order valence-corrected chi connectivity index (χ4v) is 6.69. The molecule has 0 bridgehead atoms. The molecule has 1 atom stereocenters. The first-order valence-corrected chi connectivity index (χ1v) is 12.7. The lowest BCUT2D eigenvalue weighted by molar-refractivity contribution is -0.354. The van der Waals surface area contributed by atoms with E-state index >= 15 is 0 Å². The molecular formula is C28H23O7P. The van der Waals surface area contributed by atoms with Crippen LogP contribution in [-0.4, -0.2) is 20.2 Å². The molecule has 1 aliphatic rings. The van der Waals surface area contributed by atoms with E-state index in [2.05, 4.69) is 0 Å². The van der Waals surface area contributed by atoms with Gasteiger partial charge in [-0.15, -0.1) is 0 Å². The Bertz CT molecular complexity index is 1380. The molecule has 4 aromatic carbocycles. The summed E-state index contributed by atoms with van der Waals surface area (Å²) in [6.45, 7) is 0. The molecule has 0 N–H and O–H groups in total. The second-order valence-electron chi connectivity index (χ2n) is 7.93. The molecule has 8 heteroatoms. The summed E-state index contributed by atoms with van der Waals surface area (Å²) in [7, 11) is -1.30. The van der Waals surface area contributed by atoms with Gasteiger partial charge in [0.25, 0.3) is 0 Å². The fourth-order valence-electron chi connectivity index (χ4n) is 4.20. The Morgan fingerprint density at radius 3 is 1.94 bits per heavy atom. The highest BCUT2D eigenvalue weighted by molar-refractivity contribution is 7.67. The van der Waals surface area contributed by atoms with E-state index in [0.29, 0.717) is 22.8 Å². The van der Waals surface area contributed by atoms with Crippen LogP contribution in [0.4, 0.5) is 0 Å². The van der Waals surface area contributed by atoms with Gasteiger partial charge in [-0.25, -0.2) is 0 Å². The molecule has 1 heterocycles. The van der Waals surface area contributed by atoms with Crippen molar-refractivity contribution in [3.63, 3.8) is 0 Å². The summed E-state index contributed by atoms with van der Waals surface area (Å²) in [6.07, 6.45) is 0. The predicted octanol–water partition coefficient (Wildman–Crippen LogP) is 5.59. The van der Waals surface area contributed by atoms with Crippen molar-refractivity contribution in [1.82, 2.24) is 0 Å². The number of fused-ring (bicyclic) bond motifs is 3. The van der Waals surface area contributed by atoms with Crippen molar-refractivity contribution in [3.05, 3.63) is 114 Å². The Morgan fingerprint density at radius 2 is 1.36 bits per heavy atom. The number of hydrogen-bond donors (Lipinski definition) is 0. The van der Waals surface area contributed by atoms with Gasteiger partial charge in [-0.05, 0) is 48.2 Å². The minimum absolute atomic E-state index is 0.0894. The van der Waals surface area contributed by atoms with Crippen molar-refractivity contribution < 1.29 is 32.9 Å². The Labute approximate surface area is 209 Å². The third-order valence-corrected chi connectivity index (χ3v) is 8.15. The maximum Gasteiger partial charge on any atom is 0.579 e. The SMILES string of the molecule is COC(=O)C1/C(=C(\[O-])OC)[P+](Oc2ccccc2)(Oc2ccccc2)Oc2ccc3ccccc3c21. The normalized spacial score (nSPS) is 17.3. The van der Waals surface area contributed by atoms with Crippen molar-refractivity contribution >= 4 is 24.7 Å². The standard InChI is InChI=1S/C28H23O7P/c1-31-27(29)25-24-22-16-10-9-11-19(22)17-18-23(24)35-36(26(25)28(30)32-2,33-20-12-5-3-6-13-20)34-21-14-7-4-8-15-21/h3-18,25H,1-2H3/b28-26-. The molecule has 5 rings (SSSR count). The van der Waals surface area contributed by atoms with Crippen LogP contribution in [0.1, 0.15) is 11.5 Å². The first kappa shape index (κ1) is 23.5. The lowest BCUT2D eigenvalue weighted by atomic mass is 9.91. The lowest BCUT2D eigenvalue weighted by Gasteiger charge is -2.34. The minimum atomic E-state index is -3.81. The number of rotatable bonds is 6. The molecule has 36 heavy (non-hydrogen) atoms. The van der Waals surface area contributed by atoms with Crippen LogP contribution in [0.2, 0.25) is 0 Å². The number of ether oxygens (including phenoxy) is 2. The summed E-state index contributed by atoms with van der Waals surface area (Å²) in [5, 5.41) is 15.0. The van der Waals surface area contributed by atoms with E-state index in [0.717, 1.165) is 10.8 Å². The maximum absolute atomic E-state index is 13.5. The maximum atomic E-state index is 13.5. The first-order chi connectivity index (χ1) is 17.6. The van der Waals surface area contributed by atoms with Crippen molar-refractivity contribution in [2.75, 3.05) is 14.2 Å². The van der Waals surface area contributed by atoms with E-state index in [9.17, 15) is 9.90 Å². The molecule has 0 amide bonds. The van der Waals surface area contributed by atoms with Crippen molar-refractivity contribution in [2.45, 2.75) is 5.92 Å². The van der Waals surface area contributed by atoms with Crippen molar-refractivity contribution in [2.24, 2.45) is 0 Å². The molecular weight excluding hydrogens is 479 g/mol. The molecule has 4 aromatic rings. The van der Waals surface area contributed by atoms with Gasteiger partial charge in [0, 0.05) is 5.56 Å². The zero-order valence-electron chi connectivity index (χ0n) is 19.6. The second-order valence-corrected chi connectivity index (χ2v) is 9.95. The Kier molecular flexibility index (Phi) is 6.40. The third kappa shape index (κ3) is 4.18. The fraction of sp³-hybridized carbons (Fsp3) is 0.107. The minimum Gasteiger partial charge on any atom is -0.614 e. The van der Waals surface area contributed by atoms with Crippen LogP contribution >= 0.6 is 7.94 Å².